The summed E-state index contributed by atoms with van der Waals surface area (Å²) in [6, 6.07) is 0.296. The Morgan fingerprint density at radius 1 is 1.44 bits per heavy atom. The van der Waals surface area contributed by atoms with Crippen LogP contribution in [0.25, 0.3) is 0 Å². The summed E-state index contributed by atoms with van der Waals surface area (Å²) in [6.07, 6.45) is 1.84. The lowest BCUT2D eigenvalue weighted by molar-refractivity contribution is 0.570. The van der Waals surface area contributed by atoms with Crippen LogP contribution in [-0.4, -0.2) is 9.97 Å². The van der Waals surface area contributed by atoms with E-state index in [2.05, 4.69) is 36.1 Å². The zero-order chi connectivity index (χ0) is 11.5. The Morgan fingerprint density at radius 2 is 2.25 bits per heavy atom. The first-order valence-corrected chi connectivity index (χ1v) is 6.92. The van der Waals surface area contributed by atoms with Crippen molar-refractivity contribution in [3.8, 4) is 0 Å². The molecule has 0 aliphatic rings. The molecule has 2 aromatic heterocycles. The van der Waals surface area contributed by atoms with Crippen molar-refractivity contribution in [2.75, 3.05) is 0 Å². The van der Waals surface area contributed by atoms with Crippen molar-refractivity contribution in [1.82, 2.24) is 15.3 Å². The van der Waals surface area contributed by atoms with Gasteiger partial charge in [0.25, 0.3) is 0 Å². The monoisotopic (exact) mass is 253 g/mol. The molecule has 1 N–H and O–H groups in total. The number of rotatable bonds is 4. The first-order valence-electron chi connectivity index (χ1n) is 5.22. The second-order valence-corrected chi connectivity index (χ2v) is 5.94. The van der Waals surface area contributed by atoms with Gasteiger partial charge < -0.3 is 5.32 Å². The summed E-state index contributed by atoms with van der Waals surface area (Å²) in [5.74, 6) is 0. The van der Waals surface area contributed by atoms with Crippen LogP contribution >= 0.6 is 22.7 Å². The van der Waals surface area contributed by atoms with E-state index in [0.717, 1.165) is 22.3 Å². The molecule has 2 heterocycles. The highest BCUT2D eigenvalue weighted by Gasteiger charge is 2.09. The minimum atomic E-state index is 0.296. The van der Waals surface area contributed by atoms with E-state index in [1.807, 2.05) is 11.6 Å². The molecule has 1 unspecified atom stereocenters. The van der Waals surface area contributed by atoms with Gasteiger partial charge in [0.2, 0.25) is 0 Å². The molecule has 86 valence electrons. The number of aryl methyl sites for hydroxylation is 2. The number of thiazole rings is 2. The largest absolute Gasteiger partial charge is 0.302 e. The third-order valence-corrected chi connectivity index (χ3v) is 4.49. The van der Waals surface area contributed by atoms with E-state index >= 15 is 0 Å². The van der Waals surface area contributed by atoms with E-state index < -0.39 is 0 Å². The first kappa shape index (κ1) is 11.7. The Kier molecular flexibility index (Phi) is 3.68. The fraction of sp³-hybridized carbons (Fsp3) is 0.455. The SMILES string of the molecule is Cc1nc(CNC(C)c2nccs2)sc1C. The topological polar surface area (TPSA) is 37.8 Å². The molecule has 0 radical (unpaired) electrons. The lowest BCUT2D eigenvalue weighted by Crippen LogP contribution is -2.17. The molecule has 5 heteroatoms. The minimum Gasteiger partial charge on any atom is -0.302 e. The van der Waals surface area contributed by atoms with Crippen LogP contribution in [0.5, 0.6) is 0 Å². The third kappa shape index (κ3) is 2.66. The van der Waals surface area contributed by atoms with Crippen LogP contribution in [0.4, 0.5) is 0 Å². The molecule has 0 aliphatic carbocycles. The average molecular weight is 253 g/mol. The van der Waals surface area contributed by atoms with Crippen molar-refractivity contribution in [2.24, 2.45) is 0 Å². The van der Waals surface area contributed by atoms with Crippen LogP contribution in [0.1, 0.15) is 33.6 Å². The average Bonchev–Trinajstić information content (AvgIpc) is 2.86. The molecule has 1 atom stereocenters. The number of nitrogens with one attached hydrogen (secondary N) is 1. The highest BCUT2D eigenvalue weighted by atomic mass is 32.1. The molecule has 0 spiro atoms. The fourth-order valence-corrected chi connectivity index (χ4v) is 2.95. The van der Waals surface area contributed by atoms with Gasteiger partial charge in [0.1, 0.15) is 10.0 Å². The van der Waals surface area contributed by atoms with Crippen LogP contribution in [0.2, 0.25) is 0 Å². The number of hydrogen-bond acceptors (Lipinski definition) is 5. The molecule has 0 aliphatic heterocycles. The maximum atomic E-state index is 4.50. The second kappa shape index (κ2) is 5.03. The predicted octanol–water partition coefficient (Wildman–Crippen LogP) is 3.07. The zero-order valence-corrected chi connectivity index (χ0v) is 11.3. The van der Waals surface area contributed by atoms with Crippen molar-refractivity contribution >= 4 is 22.7 Å². The highest BCUT2D eigenvalue weighted by molar-refractivity contribution is 7.11. The minimum absolute atomic E-state index is 0.296. The van der Waals surface area contributed by atoms with Gasteiger partial charge in [0.15, 0.2) is 0 Å². The van der Waals surface area contributed by atoms with Crippen LogP contribution in [0.15, 0.2) is 11.6 Å². The van der Waals surface area contributed by atoms with Crippen LogP contribution in [0.3, 0.4) is 0 Å². The quantitative estimate of drug-likeness (QED) is 0.910. The first-order chi connectivity index (χ1) is 7.66. The van der Waals surface area contributed by atoms with Gasteiger partial charge in [0.05, 0.1) is 11.7 Å². The van der Waals surface area contributed by atoms with E-state index in [0.29, 0.717) is 6.04 Å². The molecule has 0 saturated carbocycles. The molecule has 3 nitrogen and oxygen atoms in total. The fourth-order valence-electron chi connectivity index (χ4n) is 1.39. The summed E-state index contributed by atoms with van der Waals surface area (Å²) in [5.41, 5.74) is 1.14. The van der Waals surface area contributed by atoms with Gasteiger partial charge in [0, 0.05) is 23.0 Å². The summed E-state index contributed by atoms with van der Waals surface area (Å²) in [6.45, 7) is 7.12. The van der Waals surface area contributed by atoms with E-state index in [4.69, 9.17) is 0 Å². The van der Waals surface area contributed by atoms with Crippen molar-refractivity contribution in [1.29, 1.82) is 0 Å². The summed E-state index contributed by atoms with van der Waals surface area (Å²) in [5, 5.41) is 7.72. The van der Waals surface area contributed by atoms with Crippen molar-refractivity contribution in [2.45, 2.75) is 33.4 Å². The maximum absolute atomic E-state index is 4.50. The lowest BCUT2D eigenvalue weighted by atomic mass is 10.3. The normalized spacial score (nSPS) is 12.9. The van der Waals surface area contributed by atoms with E-state index in [-0.39, 0.29) is 0 Å². The van der Waals surface area contributed by atoms with Gasteiger partial charge in [-0.3, -0.25) is 0 Å². The molecular weight excluding hydrogens is 238 g/mol. The zero-order valence-electron chi connectivity index (χ0n) is 9.65. The summed E-state index contributed by atoms with van der Waals surface area (Å²) in [7, 11) is 0. The molecule has 0 bridgehead atoms. The molecular formula is C11H15N3S2. The molecule has 2 aromatic rings. The Hall–Kier alpha value is -0.780. The second-order valence-electron chi connectivity index (χ2n) is 3.72. The molecule has 0 aromatic carbocycles. The van der Waals surface area contributed by atoms with Crippen LogP contribution in [0, 0.1) is 13.8 Å². The third-order valence-electron chi connectivity index (χ3n) is 2.45. The smallest absolute Gasteiger partial charge is 0.109 e. The van der Waals surface area contributed by atoms with Crippen LogP contribution < -0.4 is 5.32 Å². The molecule has 16 heavy (non-hydrogen) atoms. The Balaban J connectivity index is 1.92. The van der Waals surface area contributed by atoms with Crippen molar-refractivity contribution in [3.05, 3.63) is 32.2 Å². The standard InChI is InChI=1S/C11H15N3S2/c1-7-9(3)16-10(14-7)6-13-8(2)11-12-4-5-15-11/h4-5,8,13H,6H2,1-3H3. The number of hydrogen-bond donors (Lipinski definition) is 1. The summed E-state index contributed by atoms with van der Waals surface area (Å²) < 4.78 is 0. The van der Waals surface area contributed by atoms with Crippen molar-refractivity contribution < 1.29 is 0 Å². The van der Waals surface area contributed by atoms with E-state index in [1.54, 1.807) is 22.7 Å². The van der Waals surface area contributed by atoms with Gasteiger partial charge in [-0.25, -0.2) is 9.97 Å². The molecule has 0 saturated heterocycles. The summed E-state index contributed by atoms with van der Waals surface area (Å²) in [4.78, 5) is 10.1. The van der Waals surface area contributed by atoms with Crippen LogP contribution in [-0.2, 0) is 6.54 Å². The highest BCUT2D eigenvalue weighted by Crippen LogP contribution is 2.19. The lowest BCUT2D eigenvalue weighted by Gasteiger charge is -2.08. The Labute approximate surface area is 104 Å². The number of aromatic nitrogens is 2. The molecule has 0 amide bonds. The van der Waals surface area contributed by atoms with Crippen molar-refractivity contribution in [3.63, 3.8) is 0 Å². The van der Waals surface area contributed by atoms with Gasteiger partial charge in [-0.2, -0.15) is 0 Å². The predicted molar refractivity (Wildman–Crippen MR) is 69.0 cm³/mol. The van der Waals surface area contributed by atoms with E-state index in [1.165, 1.54) is 4.88 Å². The number of nitrogens with zero attached hydrogens (tertiary/aromatic N) is 2. The van der Waals surface area contributed by atoms with E-state index in [9.17, 15) is 0 Å². The summed E-state index contributed by atoms with van der Waals surface area (Å²) >= 11 is 3.45. The molecule has 0 fully saturated rings. The maximum Gasteiger partial charge on any atom is 0.109 e. The Bertz CT molecular complexity index is 428. The van der Waals surface area contributed by atoms with Gasteiger partial charge in [-0.15, -0.1) is 22.7 Å². The van der Waals surface area contributed by atoms with Gasteiger partial charge in [-0.05, 0) is 20.8 Å². The van der Waals surface area contributed by atoms with Gasteiger partial charge >= 0.3 is 0 Å². The van der Waals surface area contributed by atoms with Gasteiger partial charge in [-0.1, -0.05) is 0 Å². The Morgan fingerprint density at radius 3 is 2.81 bits per heavy atom. The molecule has 2 rings (SSSR count).